The smallest absolute Gasteiger partial charge is 0.137 e. The number of hydrogen-bond acceptors (Lipinski definition) is 3. The quantitative estimate of drug-likeness (QED) is 0.721. The molecule has 4 nitrogen and oxygen atoms in total. The molecule has 0 aliphatic heterocycles. The summed E-state index contributed by atoms with van der Waals surface area (Å²) >= 11 is 6.27. The fourth-order valence-corrected chi connectivity index (χ4v) is 2.94. The molecule has 1 heterocycles. The van der Waals surface area contributed by atoms with Crippen LogP contribution in [0.25, 0.3) is 11.0 Å². The number of para-hydroxylation sites is 2. The van der Waals surface area contributed by atoms with Gasteiger partial charge < -0.3 is 15.5 Å². The van der Waals surface area contributed by atoms with Crippen LogP contribution in [0.2, 0.25) is 5.02 Å². The first-order chi connectivity index (χ1) is 11.2. The van der Waals surface area contributed by atoms with Gasteiger partial charge in [-0.3, -0.25) is 0 Å². The summed E-state index contributed by atoms with van der Waals surface area (Å²) in [4.78, 5) is 8.02. The van der Waals surface area contributed by atoms with Crippen LogP contribution in [0.5, 0.6) is 5.75 Å². The van der Waals surface area contributed by atoms with E-state index in [4.69, 9.17) is 22.1 Å². The fraction of sp³-hybridized carbons (Fsp3) is 0.278. The van der Waals surface area contributed by atoms with E-state index in [0.717, 1.165) is 28.8 Å². The van der Waals surface area contributed by atoms with Crippen molar-refractivity contribution in [3.05, 3.63) is 58.9 Å². The van der Waals surface area contributed by atoms with E-state index in [1.54, 1.807) is 0 Å². The lowest BCUT2D eigenvalue weighted by Crippen LogP contribution is -2.16. The lowest BCUT2D eigenvalue weighted by Gasteiger charge is -2.13. The molecule has 1 atom stereocenters. The zero-order valence-corrected chi connectivity index (χ0v) is 13.8. The van der Waals surface area contributed by atoms with Crippen molar-refractivity contribution in [1.82, 2.24) is 9.97 Å². The SMILES string of the molecule is CCOc1ccc(CC(CN)c2nc3ccccc3[nH]2)cc1Cl. The molecular formula is C18H20ClN3O. The molecule has 0 saturated carbocycles. The first-order valence-corrected chi connectivity index (χ1v) is 8.15. The molecule has 1 unspecified atom stereocenters. The molecule has 0 amide bonds. The van der Waals surface area contributed by atoms with E-state index in [9.17, 15) is 0 Å². The molecule has 0 aliphatic carbocycles. The van der Waals surface area contributed by atoms with Crippen molar-refractivity contribution in [2.24, 2.45) is 5.73 Å². The Morgan fingerprint density at radius 2 is 2.09 bits per heavy atom. The zero-order chi connectivity index (χ0) is 16.2. The third-order valence-electron chi connectivity index (χ3n) is 3.86. The number of fused-ring (bicyclic) bond motifs is 1. The number of aromatic nitrogens is 2. The van der Waals surface area contributed by atoms with E-state index in [1.807, 2.05) is 49.4 Å². The molecule has 0 fully saturated rings. The van der Waals surface area contributed by atoms with Gasteiger partial charge in [-0.15, -0.1) is 0 Å². The number of aromatic amines is 1. The van der Waals surface area contributed by atoms with Crippen LogP contribution in [0.1, 0.15) is 24.2 Å². The highest BCUT2D eigenvalue weighted by molar-refractivity contribution is 6.32. The van der Waals surface area contributed by atoms with E-state index in [0.29, 0.717) is 23.9 Å². The second kappa shape index (κ2) is 7.02. The number of nitrogens with zero attached hydrogens (tertiary/aromatic N) is 1. The Kier molecular flexibility index (Phi) is 4.84. The summed E-state index contributed by atoms with van der Waals surface area (Å²) in [7, 11) is 0. The average molecular weight is 330 g/mol. The Hall–Kier alpha value is -2.04. The minimum atomic E-state index is 0.122. The molecule has 0 radical (unpaired) electrons. The van der Waals surface area contributed by atoms with Crippen molar-refractivity contribution in [2.45, 2.75) is 19.3 Å². The molecule has 0 spiro atoms. The van der Waals surface area contributed by atoms with E-state index in [-0.39, 0.29) is 5.92 Å². The second-order valence-electron chi connectivity index (χ2n) is 5.47. The van der Waals surface area contributed by atoms with Crippen LogP contribution in [0.4, 0.5) is 0 Å². The second-order valence-corrected chi connectivity index (χ2v) is 5.88. The van der Waals surface area contributed by atoms with E-state index >= 15 is 0 Å². The molecule has 2 aromatic carbocycles. The number of H-pyrrole nitrogens is 1. The number of ether oxygens (including phenoxy) is 1. The van der Waals surface area contributed by atoms with Crippen molar-refractivity contribution >= 4 is 22.6 Å². The van der Waals surface area contributed by atoms with Gasteiger partial charge in [0.15, 0.2) is 0 Å². The molecule has 3 aromatic rings. The summed E-state index contributed by atoms with van der Waals surface area (Å²) in [5.41, 5.74) is 9.09. The summed E-state index contributed by atoms with van der Waals surface area (Å²) in [5.74, 6) is 1.75. The maximum atomic E-state index is 6.27. The van der Waals surface area contributed by atoms with Crippen LogP contribution in [0.15, 0.2) is 42.5 Å². The normalized spacial score (nSPS) is 12.5. The molecule has 0 bridgehead atoms. The van der Waals surface area contributed by atoms with E-state index in [2.05, 4.69) is 9.97 Å². The number of benzene rings is 2. The third kappa shape index (κ3) is 3.49. The van der Waals surface area contributed by atoms with Crippen molar-refractivity contribution in [1.29, 1.82) is 0 Å². The average Bonchev–Trinajstić information content (AvgIpc) is 2.99. The van der Waals surface area contributed by atoms with Crippen LogP contribution >= 0.6 is 11.6 Å². The van der Waals surface area contributed by atoms with Crippen molar-refractivity contribution in [3.63, 3.8) is 0 Å². The molecule has 5 heteroatoms. The van der Waals surface area contributed by atoms with Crippen LogP contribution in [-0.2, 0) is 6.42 Å². The highest BCUT2D eigenvalue weighted by Crippen LogP contribution is 2.28. The van der Waals surface area contributed by atoms with Gasteiger partial charge in [-0.25, -0.2) is 4.98 Å². The van der Waals surface area contributed by atoms with Crippen molar-refractivity contribution < 1.29 is 4.74 Å². The largest absolute Gasteiger partial charge is 0.492 e. The topological polar surface area (TPSA) is 63.9 Å². The Labute approximate surface area is 140 Å². The molecule has 1 aromatic heterocycles. The van der Waals surface area contributed by atoms with Crippen LogP contribution in [0, 0.1) is 0 Å². The number of halogens is 1. The van der Waals surface area contributed by atoms with Crippen LogP contribution < -0.4 is 10.5 Å². The Morgan fingerprint density at radius 1 is 1.26 bits per heavy atom. The van der Waals surface area contributed by atoms with Crippen molar-refractivity contribution in [3.8, 4) is 5.75 Å². The number of nitrogens with two attached hydrogens (primary N) is 1. The van der Waals surface area contributed by atoms with Gasteiger partial charge in [0, 0.05) is 12.5 Å². The first kappa shape index (κ1) is 15.8. The fourth-order valence-electron chi connectivity index (χ4n) is 2.69. The number of nitrogens with one attached hydrogen (secondary N) is 1. The lowest BCUT2D eigenvalue weighted by atomic mass is 9.98. The molecule has 3 N–H and O–H groups in total. The zero-order valence-electron chi connectivity index (χ0n) is 13.1. The molecule has 0 aliphatic rings. The molecule has 0 saturated heterocycles. The molecule has 3 rings (SSSR count). The molecule has 23 heavy (non-hydrogen) atoms. The standard InChI is InChI=1S/C18H20ClN3O/c1-2-23-17-8-7-12(10-14(17)19)9-13(11-20)18-21-15-5-3-4-6-16(15)22-18/h3-8,10,13H,2,9,11,20H2,1H3,(H,21,22). The first-order valence-electron chi connectivity index (χ1n) is 7.77. The van der Waals surface area contributed by atoms with Gasteiger partial charge in [-0.1, -0.05) is 29.8 Å². The molecule has 120 valence electrons. The van der Waals surface area contributed by atoms with Gasteiger partial charge in [0.25, 0.3) is 0 Å². The maximum absolute atomic E-state index is 6.27. The Balaban J connectivity index is 1.83. The Morgan fingerprint density at radius 3 is 2.78 bits per heavy atom. The monoisotopic (exact) mass is 329 g/mol. The van der Waals surface area contributed by atoms with Gasteiger partial charge in [-0.05, 0) is 43.2 Å². The van der Waals surface area contributed by atoms with Crippen molar-refractivity contribution in [2.75, 3.05) is 13.2 Å². The van der Waals surface area contributed by atoms with Gasteiger partial charge in [0.1, 0.15) is 11.6 Å². The minimum absolute atomic E-state index is 0.122. The third-order valence-corrected chi connectivity index (χ3v) is 4.15. The lowest BCUT2D eigenvalue weighted by molar-refractivity contribution is 0.340. The highest BCUT2D eigenvalue weighted by atomic mass is 35.5. The number of rotatable bonds is 6. The summed E-state index contributed by atoms with van der Waals surface area (Å²) in [6.45, 7) is 3.06. The van der Waals surface area contributed by atoms with E-state index in [1.165, 1.54) is 0 Å². The minimum Gasteiger partial charge on any atom is -0.492 e. The van der Waals surface area contributed by atoms with Gasteiger partial charge >= 0.3 is 0 Å². The summed E-state index contributed by atoms with van der Waals surface area (Å²) in [6, 6.07) is 13.9. The summed E-state index contributed by atoms with van der Waals surface area (Å²) in [5, 5.41) is 0.629. The predicted octanol–water partition coefficient (Wildman–Crippen LogP) is 3.90. The Bertz CT molecular complexity index is 767. The number of hydrogen-bond donors (Lipinski definition) is 2. The highest BCUT2D eigenvalue weighted by Gasteiger charge is 2.16. The number of imidazole rings is 1. The predicted molar refractivity (Wildman–Crippen MR) is 94.2 cm³/mol. The van der Waals surface area contributed by atoms with Gasteiger partial charge in [0.05, 0.1) is 22.7 Å². The van der Waals surface area contributed by atoms with Crippen LogP contribution in [-0.4, -0.2) is 23.1 Å². The van der Waals surface area contributed by atoms with E-state index < -0.39 is 0 Å². The van der Waals surface area contributed by atoms with Gasteiger partial charge in [-0.2, -0.15) is 0 Å². The van der Waals surface area contributed by atoms with Gasteiger partial charge in [0.2, 0.25) is 0 Å². The maximum Gasteiger partial charge on any atom is 0.137 e. The summed E-state index contributed by atoms with van der Waals surface area (Å²) in [6.07, 6.45) is 0.780. The van der Waals surface area contributed by atoms with Crippen LogP contribution in [0.3, 0.4) is 0 Å². The summed E-state index contributed by atoms with van der Waals surface area (Å²) < 4.78 is 5.47. The molecular weight excluding hydrogens is 310 g/mol.